The molecule has 0 amide bonds. The van der Waals surface area contributed by atoms with Crippen LogP contribution >= 0.6 is 0 Å². The first kappa shape index (κ1) is 10.2. The molecule has 2 nitrogen and oxygen atoms in total. The molecular formula is C7H16ClNO. The van der Waals surface area contributed by atoms with Crippen molar-refractivity contribution in [1.29, 1.82) is 0 Å². The molecular weight excluding hydrogens is 150 g/mol. The molecule has 0 heterocycles. The Balaban J connectivity index is 0.000000810. The largest absolute Gasteiger partial charge is 1.00 e. The highest BCUT2D eigenvalue weighted by molar-refractivity contribution is 5.00. The van der Waals surface area contributed by atoms with Crippen LogP contribution in [0.4, 0.5) is 0 Å². The van der Waals surface area contributed by atoms with Gasteiger partial charge in [-0.1, -0.05) is 13.3 Å². The lowest BCUT2D eigenvalue weighted by molar-refractivity contribution is -0.449. The minimum absolute atomic E-state index is 0. The monoisotopic (exact) mass is 165 g/mol. The van der Waals surface area contributed by atoms with Gasteiger partial charge in [0, 0.05) is 12.3 Å². The summed E-state index contributed by atoms with van der Waals surface area (Å²) in [5, 5.41) is 8.80. The quantitative estimate of drug-likeness (QED) is 0.455. The maximum atomic E-state index is 8.80. The van der Waals surface area contributed by atoms with Crippen LogP contribution in [0, 0.1) is 5.92 Å². The summed E-state index contributed by atoms with van der Waals surface area (Å²) in [7, 11) is 0. The van der Waals surface area contributed by atoms with Crippen LogP contribution in [0.5, 0.6) is 0 Å². The van der Waals surface area contributed by atoms with Crippen molar-refractivity contribution < 1.29 is 23.2 Å². The molecule has 1 rings (SSSR count). The second-order valence-electron chi connectivity index (χ2n) is 3.21. The number of halogens is 1. The summed E-state index contributed by atoms with van der Waals surface area (Å²) < 4.78 is 0. The van der Waals surface area contributed by atoms with Gasteiger partial charge in [-0.05, 0) is 6.42 Å². The smallest absolute Gasteiger partial charge is 0.121 e. The van der Waals surface area contributed by atoms with Gasteiger partial charge in [-0.15, -0.1) is 0 Å². The molecule has 0 aromatic carbocycles. The van der Waals surface area contributed by atoms with E-state index in [4.69, 9.17) is 5.11 Å². The van der Waals surface area contributed by atoms with E-state index in [1.807, 2.05) is 0 Å². The fourth-order valence-electron chi connectivity index (χ4n) is 1.38. The summed E-state index contributed by atoms with van der Waals surface area (Å²) in [6.45, 7) is 2.45. The minimum atomic E-state index is 0. The SMILES string of the molecule is CCCC1CC1([NH3+])CO.[Cl-]. The maximum absolute atomic E-state index is 8.80. The predicted molar refractivity (Wildman–Crippen MR) is 35.7 cm³/mol. The number of aliphatic hydroxyl groups excluding tert-OH is 1. The van der Waals surface area contributed by atoms with E-state index in [9.17, 15) is 0 Å². The van der Waals surface area contributed by atoms with Gasteiger partial charge in [-0.3, -0.25) is 0 Å². The summed E-state index contributed by atoms with van der Waals surface area (Å²) in [6, 6.07) is 0. The molecule has 0 radical (unpaired) electrons. The molecule has 3 heteroatoms. The molecule has 10 heavy (non-hydrogen) atoms. The zero-order chi connectivity index (χ0) is 6.91. The van der Waals surface area contributed by atoms with Crippen LogP contribution in [0.15, 0.2) is 0 Å². The predicted octanol–water partition coefficient (Wildman–Crippen LogP) is -3.22. The highest BCUT2D eigenvalue weighted by Gasteiger charge is 2.53. The molecule has 1 aliphatic rings. The maximum Gasteiger partial charge on any atom is 0.121 e. The minimum Gasteiger partial charge on any atom is -1.00 e. The number of aliphatic hydroxyl groups is 1. The lowest BCUT2D eigenvalue weighted by Crippen LogP contribution is -3.00. The second-order valence-corrected chi connectivity index (χ2v) is 3.21. The molecule has 1 aliphatic carbocycles. The molecule has 0 bridgehead atoms. The number of rotatable bonds is 3. The second kappa shape index (κ2) is 3.56. The molecule has 62 valence electrons. The molecule has 0 aliphatic heterocycles. The Bertz CT molecular complexity index is 108. The van der Waals surface area contributed by atoms with Crippen molar-refractivity contribution in [2.45, 2.75) is 31.7 Å². The van der Waals surface area contributed by atoms with Crippen LogP contribution in [0.1, 0.15) is 26.2 Å². The molecule has 0 spiro atoms. The standard InChI is InChI=1S/C7H15NO.ClH/c1-2-3-6-4-7(6,8)5-9;/h6,9H,2-5,8H2,1H3;1H. The Morgan fingerprint density at radius 3 is 2.60 bits per heavy atom. The lowest BCUT2D eigenvalue weighted by Gasteiger charge is -2.00. The lowest BCUT2D eigenvalue weighted by atomic mass is 10.1. The van der Waals surface area contributed by atoms with Crippen molar-refractivity contribution in [3.05, 3.63) is 0 Å². The van der Waals surface area contributed by atoms with E-state index in [2.05, 4.69) is 12.7 Å². The van der Waals surface area contributed by atoms with Crippen molar-refractivity contribution in [1.82, 2.24) is 0 Å². The first-order valence-electron chi connectivity index (χ1n) is 3.69. The Hall–Kier alpha value is 0.210. The Morgan fingerprint density at radius 2 is 2.30 bits per heavy atom. The van der Waals surface area contributed by atoms with Crippen LogP contribution in [-0.4, -0.2) is 17.3 Å². The number of quaternary nitrogens is 1. The molecule has 0 saturated heterocycles. The topological polar surface area (TPSA) is 47.9 Å². The first-order chi connectivity index (χ1) is 4.23. The molecule has 0 aromatic heterocycles. The summed E-state index contributed by atoms with van der Waals surface area (Å²) in [6.07, 6.45) is 3.60. The first-order valence-corrected chi connectivity index (χ1v) is 3.69. The fourth-order valence-corrected chi connectivity index (χ4v) is 1.38. The van der Waals surface area contributed by atoms with Crippen molar-refractivity contribution in [2.24, 2.45) is 5.92 Å². The highest BCUT2D eigenvalue weighted by atomic mass is 35.5. The van der Waals surface area contributed by atoms with E-state index in [0.717, 1.165) is 6.42 Å². The van der Waals surface area contributed by atoms with Gasteiger partial charge in [0.25, 0.3) is 0 Å². The molecule has 4 N–H and O–H groups in total. The van der Waals surface area contributed by atoms with Crippen LogP contribution < -0.4 is 18.1 Å². The number of hydrogen-bond donors (Lipinski definition) is 2. The fraction of sp³-hybridized carbons (Fsp3) is 1.00. The Labute approximate surface area is 68.2 Å². The van der Waals surface area contributed by atoms with E-state index in [1.165, 1.54) is 12.8 Å². The van der Waals surface area contributed by atoms with Crippen LogP contribution in [0.2, 0.25) is 0 Å². The molecule has 2 atom stereocenters. The van der Waals surface area contributed by atoms with Gasteiger partial charge >= 0.3 is 0 Å². The van der Waals surface area contributed by atoms with Crippen molar-refractivity contribution in [2.75, 3.05) is 6.61 Å². The van der Waals surface area contributed by atoms with E-state index in [-0.39, 0.29) is 24.6 Å². The van der Waals surface area contributed by atoms with Crippen LogP contribution in [0.25, 0.3) is 0 Å². The summed E-state index contributed by atoms with van der Waals surface area (Å²) in [5.41, 5.74) is 4.02. The van der Waals surface area contributed by atoms with Gasteiger partial charge in [0.15, 0.2) is 0 Å². The van der Waals surface area contributed by atoms with E-state index in [1.54, 1.807) is 0 Å². The zero-order valence-corrected chi connectivity index (χ0v) is 7.19. The van der Waals surface area contributed by atoms with E-state index < -0.39 is 0 Å². The normalized spacial score (nSPS) is 36.9. The van der Waals surface area contributed by atoms with Gasteiger partial charge in [-0.2, -0.15) is 0 Å². The summed E-state index contributed by atoms with van der Waals surface area (Å²) >= 11 is 0. The molecule has 1 fully saturated rings. The molecule has 2 unspecified atom stereocenters. The van der Waals surface area contributed by atoms with Crippen LogP contribution in [0.3, 0.4) is 0 Å². The average Bonchev–Trinajstić information content (AvgIpc) is 2.46. The third kappa shape index (κ3) is 1.84. The van der Waals surface area contributed by atoms with Crippen LogP contribution in [-0.2, 0) is 0 Å². The van der Waals surface area contributed by atoms with E-state index in [0.29, 0.717) is 5.92 Å². The molecule has 1 saturated carbocycles. The number of hydrogen-bond acceptors (Lipinski definition) is 1. The van der Waals surface area contributed by atoms with Crippen molar-refractivity contribution in [3.63, 3.8) is 0 Å². The zero-order valence-electron chi connectivity index (χ0n) is 6.44. The van der Waals surface area contributed by atoms with Gasteiger partial charge in [0.05, 0.1) is 6.61 Å². The van der Waals surface area contributed by atoms with Crippen molar-refractivity contribution in [3.8, 4) is 0 Å². The summed E-state index contributed by atoms with van der Waals surface area (Å²) in [5.74, 6) is 0.715. The van der Waals surface area contributed by atoms with Gasteiger partial charge in [0.2, 0.25) is 0 Å². The third-order valence-electron chi connectivity index (χ3n) is 2.31. The van der Waals surface area contributed by atoms with Gasteiger partial charge in [-0.25, -0.2) is 0 Å². The average molecular weight is 166 g/mol. The third-order valence-corrected chi connectivity index (χ3v) is 2.31. The van der Waals surface area contributed by atoms with Gasteiger partial charge < -0.3 is 23.2 Å². The van der Waals surface area contributed by atoms with E-state index >= 15 is 0 Å². The van der Waals surface area contributed by atoms with Crippen molar-refractivity contribution >= 4 is 0 Å². The highest BCUT2D eigenvalue weighted by Crippen LogP contribution is 2.41. The Morgan fingerprint density at radius 1 is 1.70 bits per heavy atom. The molecule has 0 aromatic rings. The Kier molecular flexibility index (Phi) is 3.63. The summed E-state index contributed by atoms with van der Waals surface area (Å²) in [4.78, 5) is 0. The van der Waals surface area contributed by atoms with Gasteiger partial charge in [0.1, 0.15) is 5.54 Å².